The number of aromatic nitrogens is 3. The van der Waals surface area contributed by atoms with Gasteiger partial charge in [0.05, 0.1) is 11.7 Å². The highest BCUT2D eigenvalue weighted by Crippen LogP contribution is 2.36. The maximum absolute atomic E-state index is 13.2. The van der Waals surface area contributed by atoms with E-state index in [2.05, 4.69) is 20.5 Å². The van der Waals surface area contributed by atoms with E-state index in [0.717, 1.165) is 51.0 Å². The number of carbonyl (C=O) groups excluding carboxylic acids is 1. The Balaban J connectivity index is 0.00000182. The summed E-state index contributed by atoms with van der Waals surface area (Å²) in [6.45, 7) is 4.93. The van der Waals surface area contributed by atoms with Crippen LogP contribution in [0.4, 0.5) is 0 Å². The van der Waals surface area contributed by atoms with Gasteiger partial charge in [0.25, 0.3) is 5.91 Å². The van der Waals surface area contributed by atoms with Gasteiger partial charge in [-0.2, -0.15) is 0 Å². The first-order valence-corrected chi connectivity index (χ1v) is 9.69. The summed E-state index contributed by atoms with van der Waals surface area (Å²) in [6.07, 6.45) is 9.58. The maximum Gasteiger partial charge on any atom is 0.276 e. The minimum Gasteiger partial charge on any atom is -0.334 e. The van der Waals surface area contributed by atoms with Gasteiger partial charge in [0, 0.05) is 12.6 Å². The van der Waals surface area contributed by atoms with E-state index in [0.29, 0.717) is 23.7 Å². The zero-order chi connectivity index (χ0) is 16.5. The molecule has 0 bridgehead atoms. The van der Waals surface area contributed by atoms with Crippen molar-refractivity contribution in [3.05, 3.63) is 11.4 Å². The lowest BCUT2D eigenvalue weighted by molar-refractivity contribution is 0.0384. The first-order chi connectivity index (χ1) is 11.8. The van der Waals surface area contributed by atoms with Gasteiger partial charge in [0.1, 0.15) is 0 Å². The zero-order valence-corrected chi connectivity index (χ0v) is 15.9. The topological polar surface area (TPSA) is 63.1 Å². The summed E-state index contributed by atoms with van der Waals surface area (Å²) in [5, 5.41) is 12.0. The van der Waals surface area contributed by atoms with Crippen LogP contribution in [-0.2, 0) is 0 Å². The van der Waals surface area contributed by atoms with Crippen molar-refractivity contribution in [2.75, 3.05) is 19.6 Å². The van der Waals surface area contributed by atoms with Gasteiger partial charge in [-0.3, -0.25) is 4.79 Å². The standard InChI is InChI=1S/C18H29N5O.ClH/c1-13-17(20-21-23(13)15-8-10-19-11-9-15)18(24)22-12-4-6-14-5-2-3-7-16(14)22;/h14-16,19H,2-12H2,1H3;1H. The number of rotatable bonds is 2. The average molecular weight is 368 g/mol. The van der Waals surface area contributed by atoms with Crippen LogP contribution < -0.4 is 5.32 Å². The molecule has 1 N–H and O–H groups in total. The molecule has 2 saturated heterocycles. The van der Waals surface area contributed by atoms with Gasteiger partial charge in [0.2, 0.25) is 0 Å². The van der Waals surface area contributed by atoms with Crippen molar-refractivity contribution in [1.82, 2.24) is 25.2 Å². The van der Waals surface area contributed by atoms with Crippen LogP contribution in [0.2, 0.25) is 0 Å². The van der Waals surface area contributed by atoms with Crippen molar-refractivity contribution in [2.24, 2.45) is 5.92 Å². The number of carbonyl (C=O) groups is 1. The molecule has 2 atom stereocenters. The molecule has 1 amide bonds. The predicted octanol–water partition coefficient (Wildman–Crippen LogP) is 2.73. The molecule has 1 aromatic heterocycles. The number of nitrogens with zero attached hydrogens (tertiary/aromatic N) is 4. The SMILES string of the molecule is Cc1c(C(=O)N2CCCC3CCCCC32)nnn1C1CCNCC1.Cl. The first kappa shape index (κ1) is 18.6. The highest BCUT2D eigenvalue weighted by atomic mass is 35.5. The van der Waals surface area contributed by atoms with Gasteiger partial charge >= 0.3 is 0 Å². The molecule has 0 spiro atoms. The van der Waals surface area contributed by atoms with Crippen molar-refractivity contribution >= 4 is 18.3 Å². The zero-order valence-electron chi connectivity index (χ0n) is 15.1. The third-order valence-corrected chi connectivity index (χ3v) is 6.29. The third-order valence-electron chi connectivity index (χ3n) is 6.29. The minimum absolute atomic E-state index is 0. The van der Waals surface area contributed by atoms with Gasteiger partial charge in [-0.05, 0) is 64.5 Å². The van der Waals surface area contributed by atoms with E-state index in [1.807, 2.05) is 11.6 Å². The molecule has 140 valence electrons. The Labute approximate surface area is 156 Å². The molecule has 1 saturated carbocycles. The van der Waals surface area contributed by atoms with Crippen LogP contribution in [0, 0.1) is 12.8 Å². The summed E-state index contributed by atoms with van der Waals surface area (Å²) >= 11 is 0. The largest absolute Gasteiger partial charge is 0.334 e. The van der Waals surface area contributed by atoms with E-state index in [4.69, 9.17) is 0 Å². The summed E-state index contributed by atoms with van der Waals surface area (Å²) in [6, 6.07) is 0.813. The van der Waals surface area contributed by atoms with Crippen LogP contribution >= 0.6 is 12.4 Å². The number of nitrogens with one attached hydrogen (secondary N) is 1. The molecule has 3 fully saturated rings. The number of likely N-dealkylation sites (tertiary alicyclic amines) is 1. The smallest absolute Gasteiger partial charge is 0.276 e. The second-order valence-electron chi connectivity index (χ2n) is 7.70. The van der Waals surface area contributed by atoms with Crippen molar-refractivity contribution in [3.8, 4) is 0 Å². The van der Waals surface area contributed by atoms with Crippen LogP contribution in [0.1, 0.15) is 73.6 Å². The van der Waals surface area contributed by atoms with E-state index >= 15 is 0 Å². The predicted molar refractivity (Wildman–Crippen MR) is 99.2 cm³/mol. The molecule has 4 rings (SSSR count). The lowest BCUT2D eigenvalue weighted by Gasteiger charge is -2.43. The Bertz CT molecular complexity index is 596. The van der Waals surface area contributed by atoms with Crippen LogP contribution in [0.15, 0.2) is 0 Å². The Morgan fingerprint density at radius 2 is 1.80 bits per heavy atom. The monoisotopic (exact) mass is 367 g/mol. The molecule has 3 heterocycles. The molecule has 2 aliphatic heterocycles. The number of halogens is 1. The molecular weight excluding hydrogens is 338 g/mol. The lowest BCUT2D eigenvalue weighted by atomic mass is 9.78. The van der Waals surface area contributed by atoms with Crippen molar-refractivity contribution in [2.45, 2.75) is 70.4 Å². The highest BCUT2D eigenvalue weighted by molar-refractivity contribution is 5.93. The molecule has 0 radical (unpaired) electrons. The molecule has 6 nitrogen and oxygen atoms in total. The van der Waals surface area contributed by atoms with Crippen molar-refractivity contribution in [1.29, 1.82) is 0 Å². The fraction of sp³-hybridized carbons (Fsp3) is 0.833. The summed E-state index contributed by atoms with van der Waals surface area (Å²) in [5.74, 6) is 0.820. The summed E-state index contributed by atoms with van der Waals surface area (Å²) in [5.41, 5.74) is 1.53. The fourth-order valence-electron chi connectivity index (χ4n) is 4.95. The minimum atomic E-state index is 0. The molecule has 25 heavy (non-hydrogen) atoms. The summed E-state index contributed by atoms with van der Waals surface area (Å²) in [4.78, 5) is 15.3. The van der Waals surface area contributed by atoms with Gasteiger partial charge in [-0.25, -0.2) is 4.68 Å². The Morgan fingerprint density at radius 1 is 1.08 bits per heavy atom. The number of hydrogen-bond acceptors (Lipinski definition) is 4. The second-order valence-corrected chi connectivity index (χ2v) is 7.70. The van der Waals surface area contributed by atoms with E-state index in [9.17, 15) is 4.79 Å². The van der Waals surface area contributed by atoms with E-state index < -0.39 is 0 Å². The Kier molecular flexibility index (Phi) is 6.00. The van der Waals surface area contributed by atoms with Crippen molar-refractivity contribution in [3.63, 3.8) is 0 Å². The first-order valence-electron chi connectivity index (χ1n) is 9.69. The summed E-state index contributed by atoms with van der Waals surface area (Å²) in [7, 11) is 0. The molecule has 3 aliphatic rings. The molecule has 0 aromatic carbocycles. The Morgan fingerprint density at radius 3 is 2.60 bits per heavy atom. The quantitative estimate of drug-likeness (QED) is 0.872. The lowest BCUT2D eigenvalue weighted by Crippen LogP contribution is -2.49. The highest BCUT2D eigenvalue weighted by Gasteiger charge is 2.37. The number of piperidine rings is 2. The molecule has 1 aromatic rings. The number of fused-ring (bicyclic) bond motifs is 1. The summed E-state index contributed by atoms with van der Waals surface area (Å²) < 4.78 is 2.00. The van der Waals surface area contributed by atoms with E-state index in [1.165, 1.54) is 25.7 Å². The molecular formula is C18H30ClN5O. The van der Waals surface area contributed by atoms with Crippen LogP contribution in [0.3, 0.4) is 0 Å². The second kappa shape index (κ2) is 8.04. The van der Waals surface area contributed by atoms with Crippen LogP contribution in [0.25, 0.3) is 0 Å². The average Bonchev–Trinajstić information content (AvgIpc) is 3.03. The maximum atomic E-state index is 13.2. The van der Waals surface area contributed by atoms with Gasteiger partial charge < -0.3 is 10.2 Å². The molecule has 7 heteroatoms. The molecule has 2 unspecified atom stereocenters. The number of hydrogen-bond donors (Lipinski definition) is 1. The van der Waals surface area contributed by atoms with E-state index in [1.54, 1.807) is 0 Å². The molecule has 1 aliphatic carbocycles. The van der Waals surface area contributed by atoms with Gasteiger partial charge in [0.15, 0.2) is 5.69 Å². The van der Waals surface area contributed by atoms with Crippen LogP contribution in [0.5, 0.6) is 0 Å². The normalized spacial score (nSPS) is 27.5. The Hall–Kier alpha value is -1.14. The van der Waals surface area contributed by atoms with Gasteiger partial charge in [-0.1, -0.05) is 18.1 Å². The van der Waals surface area contributed by atoms with Crippen LogP contribution in [-0.4, -0.2) is 51.5 Å². The van der Waals surface area contributed by atoms with Gasteiger partial charge in [-0.15, -0.1) is 17.5 Å². The third kappa shape index (κ3) is 3.56. The van der Waals surface area contributed by atoms with Crippen molar-refractivity contribution < 1.29 is 4.79 Å². The fourth-order valence-corrected chi connectivity index (χ4v) is 4.95. The van der Waals surface area contributed by atoms with E-state index in [-0.39, 0.29) is 18.3 Å². The number of amides is 1.